The number of anilines is 3. The molecule has 9 heteroatoms. The van der Waals surface area contributed by atoms with Gasteiger partial charge in [-0.25, -0.2) is 17.1 Å². The van der Waals surface area contributed by atoms with Crippen LogP contribution >= 0.6 is 0 Å². The second kappa shape index (κ2) is 9.46. The zero-order valence-electron chi connectivity index (χ0n) is 19.2. The van der Waals surface area contributed by atoms with Crippen LogP contribution < -0.4 is 15.1 Å². The van der Waals surface area contributed by atoms with Gasteiger partial charge in [0.1, 0.15) is 5.82 Å². The minimum atomic E-state index is -3.71. The lowest BCUT2D eigenvalue weighted by Gasteiger charge is -2.25. The Morgan fingerprint density at radius 1 is 1.06 bits per heavy atom. The Balaban J connectivity index is 1.96. The quantitative estimate of drug-likeness (QED) is 0.678. The van der Waals surface area contributed by atoms with Gasteiger partial charge in [0.2, 0.25) is 10.0 Å². The second-order valence-electron chi connectivity index (χ2n) is 8.49. The van der Waals surface area contributed by atoms with Crippen LogP contribution in [0.25, 0.3) is 0 Å². The molecule has 2 aromatic rings. The number of nitrogens with one attached hydrogen (secondary N) is 1. The molecule has 1 fully saturated rings. The van der Waals surface area contributed by atoms with Crippen molar-refractivity contribution in [3.8, 4) is 0 Å². The lowest BCUT2D eigenvalue weighted by molar-refractivity contribution is 0.102. The Kier molecular flexibility index (Phi) is 7.09. The smallest absolute Gasteiger partial charge is 0.257 e. The van der Waals surface area contributed by atoms with Crippen molar-refractivity contribution < 1.29 is 17.6 Å². The average Bonchev–Trinajstić information content (AvgIpc) is 3.27. The summed E-state index contributed by atoms with van der Waals surface area (Å²) < 4.78 is 41.0. The first-order valence-electron chi connectivity index (χ1n) is 10.7. The molecule has 3 rings (SSSR count). The predicted octanol–water partition coefficient (Wildman–Crippen LogP) is 3.77. The number of halogens is 1. The molecule has 0 bridgehead atoms. The van der Waals surface area contributed by atoms with E-state index in [0.717, 1.165) is 30.2 Å². The van der Waals surface area contributed by atoms with E-state index in [9.17, 15) is 17.6 Å². The van der Waals surface area contributed by atoms with Crippen LogP contribution in [0.5, 0.6) is 0 Å². The molecule has 0 spiro atoms. The molecule has 0 aromatic heterocycles. The van der Waals surface area contributed by atoms with Crippen LogP contribution in [0.4, 0.5) is 21.5 Å². The number of amides is 1. The van der Waals surface area contributed by atoms with E-state index < -0.39 is 21.7 Å². The van der Waals surface area contributed by atoms with Gasteiger partial charge in [0.05, 0.1) is 16.1 Å². The van der Waals surface area contributed by atoms with Gasteiger partial charge in [-0.05, 0) is 63.1 Å². The first kappa shape index (κ1) is 24.0. The van der Waals surface area contributed by atoms with Gasteiger partial charge in [-0.1, -0.05) is 0 Å². The van der Waals surface area contributed by atoms with Crippen LogP contribution in [0.15, 0.2) is 41.3 Å². The number of sulfonamides is 1. The molecule has 0 radical (unpaired) electrons. The lowest BCUT2D eigenvalue weighted by atomic mass is 10.1. The number of rotatable bonds is 7. The Morgan fingerprint density at radius 3 is 2.28 bits per heavy atom. The summed E-state index contributed by atoms with van der Waals surface area (Å²) in [6.07, 6.45) is 2.02. The van der Waals surface area contributed by atoms with Gasteiger partial charge in [0.15, 0.2) is 0 Å². The highest BCUT2D eigenvalue weighted by atomic mass is 32.2. The molecule has 1 saturated heterocycles. The highest BCUT2D eigenvalue weighted by molar-refractivity contribution is 7.89. The molecule has 0 unspecified atom stereocenters. The largest absolute Gasteiger partial charge is 0.371 e. The molecule has 7 nitrogen and oxygen atoms in total. The van der Waals surface area contributed by atoms with Crippen LogP contribution in [0.2, 0.25) is 0 Å². The van der Waals surface area contributed by atoms with E-state index in [1.807, 2.05) is 18.7 Å². The van der Waals surface area contributed by atoms with Crippen LogP contribution in [0.3, 0.4) is 0 Å². The highest BCUT2D eigenvalue weighted by Crippen LogP contribution is 2.30. The lowest BCUT2D eigenvalue weighted by Crippen LogP contribution is -2.27. The number of hydrogen-bond donors (Lipinski definition) is 1. The number of carbonyl (C=O) groups is 1. The third kappa shape index (κ3) is 4.88. The Bertz CT molecular complexity index is 1100. The number of benzene rings is 2. The molecule has 1 aliphatic rings. The zero-order valence-corrected chi connectivity index (χ0v) is 20.0. The van der Waals surface area contributed by atoms with E-state index in [1.54, 1.807) is 25.2 Å². The molecule has 2 aromatic carbocycles. The van der Waals surface area contributed by atoms with E-state index >= 15 is 0 Å². The number of nitrogens with zero attached hydrogens (tertiary/aromatic N) is 3. The maximum absolute atomic E-state index is 14.7. The van der Waals surface area contributed by atoms with Gasteiger partial charge in [0, 0.05) is 51.6 Å². The molecule has 32 heavy (non-hydrogen) atoms. The summed E-state index contributed by atoms with van der Waals surface area (Å²) >= 11 is 0. The molecule has 1 N–H and O–H groups in total. The molecule has 0 saturated carbocycles. The Hall–Kier alpha value is -2.65. The van der Waals surface area contributed by atoms with Crippen LogP contribution in [0, 0.1) is 5.82 Å². The Labute approximate surface area is 189 Å². The predicted molar refractivity (Wildman–Crippen MR) is 127 cm³/mol. The minimum absolute atomic E-state index is 0.0377. The summed E-state index contributed by atoms with van der Waals surface area (Å²) in [6.45, 7) is 5.52. The van der Waals surface area contributed by atoms with Gasteiger partial charge in [-0.15, -0.1) is 0 Å². The molecule has 1 aliphatic heterocycles. The van der Waals surface area contributed by atoms with Crippen molar-refractivity contribution in [1.29, 1.82) is 0 Å². The fourth-order valence-electron chi connectivity index (χ4n) is 3.65. The molecule has 1 amide bonds. The van der Waals surface area contributed by atoms with Crippen LogP contribution in [0.1, 0.15) is 37.0 Å². The van der Waals surface area contributed by atoms with Crippen LogP contribution in [-0.2, 0) is 10.0 Å². The molecule has 0 aliphatic carbocycles. The second-order valence-corrected chi connectivity index (χ2v) is 10.6. The first-order valence-corrected chi connectivity index (χ1v) is 12.1. The first-order chi connectivity index (χ1) is 15.0. The van der Waals surface area contributed by atoms with E-state index in [-0.39, 0.29) is 16.5 Å². The van der Waals surface area contributed by atoms with Gasteiger partial charge in [-0.3, -0.25) is 4.79 Å². The van der Waals surface area contributed by atoms with E-state index in [0.29, 0.717) is 17.1 Å². The molecular weight excluding hydrogens is 431 g/mol. The van der Waals surface area contributed by atoms with Crippen molar-refractivity contribution in [2.24, 2.45) is 0 Å². The molecule has 0 atom stereocenters. The third-order valence-corrected chi connectivity index (χ3v) is 7.61. The Morgan fingerprint density at radius 2 is 1.72 bits per heavy atom. The van der Waals surface area contributed by atoms with Crippen molar-refractivity contribution in [1.82, 2.24) is 4.31 Å². The summed E-state index contributed by atoms with van der Waals surface area (Å²) in [7, 11) is 0.992. The maximum Gasteiger partial charge on any atom is 0.257 e. The topological polar surface area (TPSA) is 73.0 Å². The van der Waals surface area contributed by atoms with Crippen molar-refractivity contribution in [3.05, 3.63) is 47.8 Å². The van der Waals surface area contributed by atoms with E-state index in [1.165, 1.54) is 32.3 Å². The monoisotopic (exact) mass is 462 g/mol. The standard InChI is InChI=1S/C23H31FN4O3S/c1-16(2)27(5)22-10-8-17(14-20(22)24)25-23(29)19-15-18(32(30,31)26(3)4)9-11-21(19)28-12-6-7-13-28/h8-11,14-16H,6-7,12-13H2,1-5H3,(H,25,29). The minimum Gasteiger partial charge on any atom is -0.371 e. The molecule has 174 valence electrons. The zero-order chi connectivity index (χ0) is 23.6. The molecular formula is C23H31FN4O3S. The van der Waals surface area contributed by atoms with E-state index in [4.69, 9.17) is 0 Å². The maximum atomic E-state index is 14.7. The summed E-state index contributed by atoms with van der Waals surface area (Å²) in [5.41, 5.74) is 1.67. The fourth-order valence-corrected chi connectivity index (χ4v) is 4.58. The summed E-state index contributed by atoms with van der Waals surface area (Å²) in [4.78, 5) is 17.1. The summed E-state index contributed by atoms with van der Waals surface area (Å²) in [5, 5.41) is 2.73. The third-order valence-electron chi connectivity index (χ3n) is 5.80. The van der Waals surface area contributed by atoms with Crippen molar-refractivity contribution in [3.63, 3.8) is 0 Å². The van der Waals surface area contributed by atoms with Crippen molar-refractivity contribution >= 4 is 33.0 Å². The number of carbonyl (C=O) groups excluding carboxylic acids is 1. The highest BCUT2D eigenvalue weighted by Gasteiger charge is 2.25. The van der Waals surface area contributed by atoms with Gasteiger partial charge in [-0.2, -0.15) is 0 Å². The fraction of sp³-hybridized carbons (Fsp3) is 0.435. The van der Waals surface area contributed by atoms with Gasteiger partial charge in [0.25, 0.3) is 5.91 Å². The van der Waals surface area contributed by atoms with E-state index in [2.05, 4.69) is 10.2 Å². The van der Waals surface area contributed by atoms with Crippen molar-refractivity contribution in [2.75, 3.05) is 49.3 Å². The SMILES string of the molecule is CC(C)N(C)c1ccc(NC(=O)c2cc(S(=O)(=O)N(C)C)ccc2N2CCCC2)cc1F. The van der Waals surface area contributed by atoms with Gasteiger partial charge >= 0.3 is 0 Å². The number of hydrogen-bond acceptors (Lipinski definition) is 5. The summed E-state index contributed by atoms with van der Waals surface area (Å²) in [6, 6.07) is 9.27. The average molecular weight is 463 g/mol. The molecule has 1 heterocycles. The van der Waals surface area contributed by atoms with Gasteiger partial charge < -0.3 is 15.1 Å². The summed E-state index contributed by atoms with van der Waals surface area (Å²) in [5.74, 6) is -0.922. The van der Waals surface area contributed by atoms with Crippen LogP contribution in [-0.4, -0.2) is 58.9 Å². The van der Waals surface area contributed by atoms with Crippen molar-refractivity contribution in [2.45, 2.75) is 37.6 Å². The normalized spacial score (nSPS) is 14.3.